The number of aromatic nitrogens is 1. The second-order valence-electron chi connectivity index (χ2n) is 5.22. The third-order valence-electron chi connectivity index (χ3n) is 3.13. The Morgan fingerprint density at radius 2 is 1.85 bits per heavy atom. The normalized spacial score (nSPS) is 12.4. The molecule has 4 heteroatoms. The van der Waals surface area contributed by atoms with Gasteiger partial charge in [0.1, 0.15) is 5.01 Å². The van der Waals surface area contributed by atoms with Gasteiger partial charge in [-0.3, -0.25) is 4.79 Å². The van der Waals surface area contributed by atoms with Crippen LogP contribution in [0.1, 0.15) is 37.4 Å². The summed E-state index contributed by atoms with van der Waals surface area (Å²) in [5.41, 5.74) is 2.11. The summed E-state index contributed by atoms with van der Waals surface area (Å²) < 4.78 is 0. The van der Waals surface area contributed by atoms with E-state index in [1.807, 2.05) is 45.9 Å². The molecule has 0 aliphatic carbocycles. The number of amides is 1. The van der Waals surface area contributed by atoms with E-state index in [2.05, 4.69) is 22.4 Å². The van der Waals surface area contributed by atoms with Crippen LogP contribution in [0.25, 0.3) is 10.6 Å². The molecule has 3 nitrogen and oxygen atoms in total. The Hall–Kier alpha value is -1.68. The molecule has 1 N–H and O–H groups in total. The minimum absolute atomic E-state index is 0.000128. The van der Waals surface area contributed by atoms with Crippen LogP contribution in [0.5, 0.6) is 0 Å². The lowest BCUT2D eigenvalue weighted by molar-refractivity contribution is -0.124. The molecule has 0 aliphatic rings. The SMILES string of the molecule is Cc1nc(-c2ccccc2)sc1[C@H](C)NC(=O)C(C)C. The van der Waals surface area contributed by atoms with Gasteiger partial charge in [-0.05, 0) is 13.8 Å². The van der Waals surface area contributed by atoms with E-state index in [9.17, 15) is 4.79 Å². The first-order chi connectivity index (χ1) is 9.49. The third-order valence-corrected chi connectivity index (χ3v) is 4.52. The molecule has 0 spiro atoms. The van der Waals surface area contributed by atoms with Gasteiger partial charge in [0.15, 0.2) is 0 Å². The van der Waals surface area contributed by atoms with Gasteiger partial charge in [-0.25, -0.2) is 4.98 Å². The second kappa shape index (κ2) is 6.18. The summed E-state index contributed by atoms with van der Waals surface area (Å²) in [5.74, 6) is 0.0748. The van der Waals surface area contributed by atoms with E-state index in [1.54, 1.807) is 11.3 Å². The van der Waals surface area contributed by atoms with E-state index >= 15 is 0 Å². The van der Waals surface area contributed by atoms with Crippen molar-refractivity contribution in [3.63, 3.8) is 0 Å². The van der Waals surface area contributed by atoms with Crippen molar-refractivity contribution >= 4 is 17.2 Å². The van der Waals surface area contributed by atoms with Gasteiger partial charge in [0, 0.05) is 11.5 Å². The quantitative estimate of drug-likeness (QED) is 0.925. The summed E-state index contributed by atoms with van der Waals surface area (Å²) in [7, 11) is 0. The van der Waals surface area contributed by atoms with Crippen LogP contribution in [0.15, 0.2) is 30.3 Å². The number of rotatable bonds is 4. The van der Waals surface area contributed by atoms with Gasteiger partial charge >= 0.3 is 0 Å². The van der Waals surface area contributed by atoms with Crippen molar-refractivity contribution in [2.75, 3.05) is 0 Å². The maximum absolute atomic E-state index is 11.8. The number of aryl methyl sites for hydroxylation is 1. The highest BCUT2D eigenvalue weighted by Gasteiger charge is 2.18. The van der Waals surface area contributed by atoms with Crippen LogP contribution in [-0.4, -0.2) is 10.9 Å². The Balaban J connectivity index is 2.22. The molecule has 0 saturated carbocycles. The molecule has 0 fully saturated rings. The first kappa shape index (κ1) is 14.7. The maximum Gasteiger partial charge on any atom is 0.223 e. The monoisotopic (exact) mass is 288 g/mol. The fourth-order valence-corrected chi connectivity index (χ4v) is 3.03. The molecule has 1 atom stereocenters. The van der Waals surface area contributed by atoms with Gasteiger partial charge in [0.05, 0.1) is 16.6 Å². The zero-order valence-electron chi connectivity index (χ0n) is 12.3. The fourth-order valence-electron chi connectivity index (χ4n) is 1.96. The van der Waals surface area contributed by atoms with E-state index < -0.39 is 0 Å². The molecule has 2 rings (SSSR count). The lowest BCUT2D eigenvalue weighted by Gasteiger charge is -2.14. The number of carbonyl (C=O) groups excluding carboxylic acids is 1. The van der Waals surface area contributed by atoms with Crippen molar-refractivity contribution in [1.29, 1.82) is 0 Å². The summed E-state index contributed by atoms with van der Waals surface area (Å²) in [5, 5.41) is 4.04. The molecule has 0 saturated heterocycles. The van der Waals surface area contributed by atoms with Crippen LogP contribution in [0.3, 0.4) is 0 Å². The first-order valence-corrected chi connectivity index (χ1v) is 7.63. The van der Waals surface area contributed by atoms with E-state index in [-0.39, 0.29) is 17.9 Å². The number of nitrogens with one attached hydrogen (secondary N) is 1. The van der Waals surface area contributed by atoms with E-state index in [1.165, 1.54) is 0 Å². The van der Waals surface area contributed by atoms with Gasteiger partial charge < -0.3 is 5.32 Å². The maximum atomic E-state index is 11.8. The third kappa shape index (κ3) is 3.25. The zero-order valence-corrected chi connectivity index (χ0v) is 13.1. The standard InChI is InChI=1S/C16H20N2OS/c1-10(2)15(19)17-11(3)14-12(4)18-16(20-14)13-8-6-5-7-9-13/h5-11H,1-4H3,(H,17,19)/t11-/m0/s1. The van der Waals surface area contributed by atoms with Crippen molar-refractivity contribution in [3.8, 4) is 10.6 Å². The molecule has 1 aromatic carbocycles. The Kier molecular flexibility index (Phi) is 4.55. The number of thiazole rings is 1. The number of nitrogens with zero attached hydrogens (tertiary/aromatic N) is 1. The van der Waals surface area contributed by atoms with Gasteiger partial charge in [-0.2, -0.15) is 0 Å². The average Bonchev–Trinajstić information content (AvgIpc) is 2.81. The summed E-state index contributed by atoms with van der Waals surface area (Å²) in [6.45, 7) is 7.81. The number of benzene rings is 1. The number of hydrogen-bond acceptors (Lipinski definition) is 3. The molecule has 2 aromatic rings. The molecule has 0 unspecified atom stereocenters. The summed E-state index contributed by atoms with van der Waals surface area (Å²) in [6.07, 6.45) is 0. The Labute approximate surface area is 124 Å². The number of hydrogen-bond donors (Lipinski definition) is 1. The summed E-state index contributed by atoms with van der Waals surface area (Å²) in [6, 6.07) is 10.1. The van der Waals surface area contributed by atoms with Crippen molar-refractivity contribution in [3.05, 3.63) is 40.9 Å². The van der Waals surface area contributed by atoms with E-state index in [0.29, 0.717) is 0 Å². The van der Waals surface area contributed by atoms with Crippen LogP contribution in [0.4, 0.5) is 0 Å². The average molecular weight is 288 g/mol. The summed E-state index contributed by atoms with van der Waals surface area (Å²) >= 11 is 1.65. The molecular formula is C16H20N2OS. The van der Waals surface area contributed by atoms with E-state index in [0.717, 1.165) is 21.1 Å². The number of carbonyl (C=O) groups is 1. The molecule has 1 amide bonds. The van der Waals surface area contributed by atoms with Crippen LogP contribution >= 0.6 is 11.3 Å². The minimum atomic E-state index is -0.000675. The van der Waals surface area contributed by atoms with Crippen LogP contribution in [-0.2, 0) is 4.79 Å². The topological polar surface area (TPSA) is 42.0 Å². The molecule has 20 heavy (non-hydrogen) atoms. The molecular weight excluding hydrogens is 268 g/mol. The van der Waals surface area contributed by atoms with Crippen LogP contribution in [0.2, 0.25) is 0 Å². The van der Waals surface area contributed by atoms with Crippen molar-refractivity contribution in [2.24, 2.45) is 5.92 Å². The van der Waals surface area contributed by atoms with Crippen LogP contribution in [0, 0.1) is 12.8 Å². The van der Waals surface area contributed by atoms with Gasteiger partial charge in [0.25, 0.3) is 0 Å². The molecule has 0 aliphatic heterocycles. The van der Waals surface area contributed by atoms with Gasteiger partial charge in [-0.1, -0.05) is 44.2 Å². The van der Waals surface area contributed by atoms with Crippen molar-refractivity contribution < 1.29 is 4.79 Å². The summed E-state index contributed by atoms with van der Waals surface area (Å²) in [4.78, 5) is 17.5. The Morgan fingerprint density at radius 1 is 1.20 bits per heavy atom. The largest absolute Gasteiger partial charge is 0.348 e. The van der Waals surface area contributed by atoms with E-state index in [4.69, 9.17) is 0 Å². The molecule has 1 aromatic heterocycles. The molecule has 0 radical (unpaired) electrons. The Bertz CT molecular complexity index is 590. The molecule has 106 valence electrons. The highest BCUT2D eigenvalue weighted by atomic mass is 32.1. The van der Waals surface area contributed by atoms with Crippen LogP contribution < -0.4 is 5.32 Å². The van der Waals surface area contributed by atoms with Crippen molar-refractivity contribution in [2.45, 2.75) is 33.7 Å². The van der Waals surface area contributed by atoms with Crippen molar-refractivity contribution in [1.82, 2.24) is 10.3 Å². The fraction of sp³-hybridized carbons (Fsp3) is 0.375. The second-order valence-corrected chi connectivity index (χ2v) is 6.25. The smallest absolute Gasteiger partial charge is 0.223 e. The lowest BCUT2D eigenvalue weighted by atomic mass is 10.1. The zero-order chi connectivity index (χ0) is 14.7. The Morgan fingerprint density at radius 3 is 2.45 bits per heavy atom. The minimum Gasteiger partial charge on any atom is -0.348 e. The predicted octanol–water partition coefficient (Wildman–Crippen LogP) is 3.95. The highest BCUT2D eigenvalue weighted by Crippen LogP contribution is 2.31. The van der Waals surface area contributed by atoms with Gasteiger partial charge in [-0.15, -0.1) is 11.3 Å². The lowest BCUT2D eigenvalue weighted by Crippen LogP contribution is -2.30. The molecule has 0 bridgehead atoms. The van der Waals surface area contributed by atoms with Gasteiger partial charge in [0.2, 0.25) is 5.91 Å². The molecule has 1 heterocycles. The first-order valence-electron chi connectivity index (χ1n) is 6.82. The highest BCUT2D eigenvalue weighted by molar-refractivity contribution is 7.15. The predicted molar refractivity (Wildman–Crippen MR) is 83.7 cm³/mol.